The van der Waals surface area contributed by atoms with Gasteiger partial charge in [-0.05, 0) is 32.2 Å². The van der Waals surface area contributed by atoms with Gasteiger partial charge in [0, 0.05) is 11.9 Å². The molecule has 12 heavy (non-hydrogen) atoms. The number of aromatic nitrogens is 2. The number of nitrogens with one attached hydrogen (secondary N) is 2. The van der Waals surface area contributed by atoms with Gasteiger partial charge in [-0.3, -0.25) is 0 Å². The molecule has 0 aliphatic heterocycles. The van der Waals surface area contributed by atoms with Crippen LogP contribution in [0.5, 0.6) is 0 Å². The molecule has 3 heteroatoms. The van der Waals surface area contributed by atoms with Gasteiger partial charge in [0.15, 0.2) is 0 Å². The zero-order valence-electron chi connectivity index (χ0n) is 7.43. The van der Waals surface area contributed by atoms with Crippen molar-refractivity contribution in [3.05, 3.63) is 17.7 Å². The molecule has 0 atom stereocenters. The topological polar surface area (TPSA) is 40.7 Å². The summed E-state index contributed by atoms with van der Waals surface area (Å²) in [6, 6.07) is 0. The van der Waals surface area contributed by atoms with Crippen LogP contribution in [0, 0.1) is 12.8 Å². The van der Waals surface area contributed by atoms with Crippen molar-refractivity contribution in [2.24, 2.45) is 5.92 Å². The van der Waals surface area contributed by atoms with Crippen molar-refractivity contribution in [1.82, 2.24) is 15.3 Å². The van der Waals surface area contributed by atoms with E-state index < -0.39 is 0 Å². The quantitative estimate of drug-likeness (QED) is 0.704. The summed E-state index contributed by atoms with van der Waals surface area (Å²) in [5, 5.41) is 3.38. The van der Waals surface area contributed by atoms with Crippen LogP contribution in [-0.2, 0) is 6.54 Å². The molecule has 1 heterocycles. The minimum absolute atomic E-state index is 0.879. The van der Waals surface area contributed by atoms with Gasteiger partial charge in [-0.15, -0.1) is 0 Å². The summed E-state index contributed by atoms with van der Waals surface area (Å²) in [5.74, 6) is 1.99. The number of hydrogen-bond acceptors (Lipinski definition) is 2. The Hall–Kier alpha value is -0.830. The average molecular weight is 165 g/mol. The van der Waals surface area contributed by atoms with Gasteiger partial charge < -0.3 is 10.3 Å². The van der Waals surface area contributed by atoms with Gasteiger partial charge in [0.05, 0.1) is 6.54 Å². The first kappa shape index (κ1) is 7.80. The maximum atomic E-state index is 4.21. The third-order valence-electron chi connectivity index (χ3n) is 2.18. The van der Waals surface area contributed by atoms with E-state index in [1.807, 2.05) is 13.1 Å². The highest BCUT2D eigenvalue weighted by atomic mass is 15.0. The summed E-state index contributed by atoms with van der Waals surface area (Å²) in [4.78, 5) is 7.41. The first-order chi connectivity index (χ1) is 5.84. The minimum Gasteiger partial charge on any atom is -0.345 e. The Morgan fingerprint density at radius 3 is 3.08 bits per heavy atom. The van der Waals surface area contributed by atoms with E-state index in [1.165, 1.54) is 12.8 Å². The molecule has 1 aromatic heterocycles. The lowest BCUT2D eigenvalue weighted by atomic mass is 10.4. The smallest absolute Gasteiger partial charge is 0.120 e. The molecule has 0 bridgehead atoms. The van der Waals surface area contributed by atoms with Crippen molar-refractivity contribution in [3.63, 3.8) is 0 Å². The van der Waals surface area contributed by atoms with E-state index in [-0.39, 0.29) is 0 Å². The van der Waals surface area contributed by atoms with E-state index in [2.05, 4.69) is 15.3 Å². The monoisotopic (exact) mass is 165 g/mol. The van der Waals surface area contributed by atoms with E-state index in [9.17, 15) is 0 Å². The summed E-state index contributed by atoms with van der Waals surface area (Å²) in [6.45, 7) is 4.06. The summed E-state index contributed by atoms with van der Waals surface area (Å²) < 4.78 is 0. The molecule has 0 unspecified atom stereocenters. The lowest BCUT2D eigenvalue weighted by molar-refractivity contribution is 0.622. The molecular formula is C9H15N3. The van der Waals surface area contributed by atoms with Crippen molar-refractivity contribution in [3.8, 4) is 0 Å². The van der Waals surface area contributed by atoms with Crippen LogP contribution in [-0.4, -0.2) is 16.5 Å². The van der Waals surface area contributed by atoms with Crippen LogP contribution < -0.4 is 5.32 Å². The molecule has 0 spiro atoms. The Labute approximate surface area is 72.6 Å². The van der Waals surface area contributed by atoms with Crippen molar-refractivity contribution in [2.45, 2.75) is 26.3 Å². The molecule has 3 nitrogen and oxygen atoms in total. The molecule has 66 valence electrons. The molecule has 1 aliphatic rings. The third-order valence-corrected chi connectivity index (χ3v) is 2.18. The number of aryl methyl sites for hydroxylation is 1. The molecule has 0 saturated heterocycles. The van der Waals surface area contributed by atoms with E-state index in [4.69, 9.17) is 0 Å². The van der Waals surface area contributed by atoms with E-state index in [0.29, 0.717) is 0 Å². The first-order valence-electron chi connectivity index (χ1n) is 4.56. The number of nitrogens with zero attached hydrogens (tertiary/aromatic N) is 1. The van der Waals surface area contributed by atoms with Crippen LogP contribution >= 0.6 is 0 Å². The second kappa shape index (κ2) is 3.27. The van der Waals surface area contributed by atoms with Crippen LogP contribution in [0.1, 0.15) is 24.4 Å². The molecule has 0 amide bonds. The van der Waals surface area contributed by atoms with Gasteiger partial charge in [-0.25, -0.2) is 4.98 Å². The summed E-state index contributed by atoms with van der Waals surface area (Å²) in [5.41, 5.74) is 1.14. The Balaban J connectivity index is 1.71. The summed E-state index contributed by atoms with van der Waals surface area (Å²) in [7, 11) is 0. The number of rotatable bonds is 4. The molecule has 0 radical (unpaired) electrons. The fraction of sp³-hybridized carbons (Fsp3) is 0.667. The predicted octanol–water partition coefficient (Wildman–Crippen LogP) is 1.22. The predicted molar refractivity (Wildman–Crippen MR) is 47.8 cm³/mol. The standard InChI is InChI=1S/C9H15N3/c1-7-4-11-9(12-7)6-10-5-8-2-3-8/h4,8,10H,2-3,5-6H2,1H3,(H,11,12). The molecule has 1 aromatic rings. The molecule has 1 fully saturated rings. The van der Waals surface area contributed by atoms with Gasteiger partial charge in [0.1, 0.15) is 5.82 Å². The maximum Gasteiger partial charge on any atom is 0.120 e. The van der Waals surface area contributed by atoms with E-state index >= 15 is 0 Å². The Kier molecular flexibility index (Phi) is 2.13. The van der Waals surface area contributed by atoms with Gasteiger partial charge >= 0.3 is 0 Å². The van der Waals surface area contributed by atoms with Crippen molar-refractivity contribution in [2.75, 3.05) is 6.54 Å². The maximum absolute atomic E-state index is 4.21. The van der Waals surface area contributed by atoms with E-state index in [0.717, 1.165) is 30.5 Å². The summed E-state index contributed by atoms with van der Waals surface area (Å²) in [6.07, 6.45) is 4.68. The Morgan fingerprint density at radius 1 is 1.67 bits per heavy atom. The lowest BCUT2D eigenvalue weighted by Crippen LogP contribution is -2.16. The van der Waals surface area contributed by atoms with Crippen LogP contribution in [0.2, 0.25) is 0 Å². The molecule has 2 rings (SSSR count). The highest BCUT2D eigenvalue weighted by Crippen LogP contribution is 2.27. The van der Waals surface area contributed by atoms with Crippen LogP contribution in [0.15, 0.2) is 6.20 Å². The average Bonchev–Trinajstić information content (AvgIpc) is 2.76. The highest BCUT2D eigenvalue weighted by Gasteiger charge is 2.20. The number of aromatic amines is 1. The number of H-pyrrole nitrogens is 1. The van der Waals surface area contributed by atoms with Crippen LogP contribution in [0.3, 0.4) is 0 Å². The zero-order valence-corrected chi connectivity index (χ0v) is 7.43. The second-order valence-electron chi connectivity index (χ2n) is 3.59. The number of hydrogen-bond donors (Lipinski definition) is 2. The summed E-state index contributed by atoms with van der Waals surface area (Å²) >= 11 is 0. The SMILES string of the molecule is Cc1cnc(CNCC2CC2)[nH]1. The lowest BCUT2D eigenvalue weighted by Gasteiger charge is -1.99. The van der Waals surface area contributed by atoms with Crippen molar-refractivity contribution < 1.29 is 0 Å². The van der Waals surface area contributed by atoms with Crippen LogP contribution in [0.4, 0.5) is 0 Å². The Morgan fingerprint density at radius 2 is 2.50 bits per heavy atom. The van der Waals surface area contributed by atoms with Gasteiger partial charge in [0.2, 0.25) is 0 Å². The molecule has 1 aliphatic carbocycles. The first-order valence-corrected chi connectivity index (χ1v) is 4.56. The third kappa shape index (κ3) is 2.08. The van der Waals surface area contributed by atoms with Gasteiger partial charge in [-0.1, -0.05) is 0 Å². The zero-order chi connectivity index (χ0) is 8.39. The molecule has 2 N–H and O–H groups in total. The van der Waals surface area contributed by atoms with Gasteiger partial charge in [-0.2, -0.15) is 0 Å². The molecule has 1 saturated carbocycles. The largest absolute Gasteiger partial charge is 0.345 e. The minimum atomic E-state index is 0.879. The van der Waals surface area contributed by atoms with Gasteiger partial charge in [0.25, 0.3) is 0 Å². The molecule has 0 aromatic carbocycles. The van der Waals surface area contributed by atoms with Crippen molar-refractivity contribution >= 4 is 0 Å². The highest BCUT2D eigenvalue weighted by molar-refractivity contribution is 4.97. The van der Waals surface area contributed by atoms with E-state index in [1.54, 1.807) is 0 Å². The fourth-order valence-corrected chi connectivity index (χ4v) is 1.27. The number of imidazole rings is 1. The molecular weight excluding hydrogens is 150 g/mol. The fourth-order valence-electron chi connectivity index (χ4n) is 1.27. The van der Waals surface area contributed by atoms with Crippen molar-refractivity contribution in [1.29, 1.82) is 0 Å². The Bertz CT molecular complexity index is 250. The normalized spacial score (nSPS) is 16.8. The second-order valence-corrected chi connectivity index (χ2v) is 3.59. The van der Waals surface area contributed by atoms with Crippen LogP contribution in [0.25, 0.3) is 0 Å².